The van der Waals surface area contributed by atoms with Gasteiger partial charge in [0.2, 0.25) is 10.0 Å². The molecular weight excluding hydrogens is 286 g/mol. The first-order chi connectivity index (χ1) is 10.1. The third kappa shape index (κ3) is 4.18. The summed E-state index contributed by atoms with van der Waals surface area (Å²) in [6.07, 6.45) is 3.10. The maximum absolute atomic E-state index is 12.0. The molecule has 0 radical (unpaired) electrons. The monoisotopic (exact) mass is 311 g/mol. The average molecular weight is 311 g/mol. The number of anilines is 1. The molecule has 0 saturated carbocycles. The summed E-state index contributed by atoms with van der Waals surface area (Å²) in [7, 11) is -3.37. The quantitative estimate of drug-likeness (QED) is 0.836. The largest absolute Gasteiger partial charge is 0.371 e. The number of benzene rings is 1. The van der Waals surface area contributed by atoms with Crippen LogP contribution in [-0.4, -0.2) is 34.6 Å². The minimum atomic E-state index is -3.37. The molecule has 1 aromatic carbocycles. The van der Waals surface area contributed by atoms with Gasteiger partial charge in [-0.25, -0.2) is 13.1 Å². The number of piperidine rings is 1. The fourth-order valence-corrected chi connectivity index (χ4v) is 3.78. The molecule has 118 valence electrons. The van der Waals surface area contributed by atoms with E-state index in [9.17, 15) is 8.42 Å². The van der Waals surface area contributed by atoms with E-state index in [1.54, 1.807) is 12.1 Å². The van der Waals surface area contributed by atoms with Crippen molar-refractivity contribution in [3.63, 3.8) is 0 Å². The molecule has 1 heterocycles. The van der Waals surface area contributed by atoms with Crippen LogP contribution in [0.5, 0.6) is 0 Å². The predicted molar refractivity (Wildman–Crippen MR) is 85.9 cm³/mol. The van der Waals surface area contributed by atoms with Crippen LogP contribution in [0.3, 0.4) is 0 Å². The lowest BCUT2D eigenvalue weighted by Crippen LogP contribution is -2.38. The highest BCUT2D eigenvalue weighted by atomic mass is 32.2. The van der Waals surface area contributed by atoms with Crippen molar-refractivity contribution in [1.82, 2.24) is 4.72 Å². The van der Waals surface area contributed by atoms with Crippen molar-refractivity contribution in [3.05, 3.63) is 24.3 Å². The van der Waals surface area contributed by atoms with Gasteiger partial charge in [-0.3, -0.25) is 0 Å². The van der Waals surface area contributed by atoms with E-state index in [0.29, 0.717) is 23.9 Å². The molecule has 6 heteroatoms. The summed E-state index contributed by atoms with van der Waals surface area (Å²) in [6.45, 7) is 5.08. The Hall–Kier alpha value is -1.11. The van der Waals surface area contributed by atoms with Crippen molar-refractivity contribution < 1.29 is 8.42 Å². The smallest absolute Gasteiger partial charge is 0.240 e. The van der Waals surface area contributed by atoms with E-state index in [0.717, 1.165) is 31.6 Å². The van der Waals surface area contributed by atoms with Crippen LogP contribution < -0.4 is 15.4 Å². The number of nitrogens with two attached hydrogens (primary N) is 1. The van der Waals surface area contributed by atoms with Gasteiger partial charge in [-0.05, 0) is 56.0 Å². The van der Waals surface area contributed by atoms with Crippen molar-refractivity contribution >= 4 is 15.7 Å². The standard InChI is InChI=1S/C15H25N3O2S/c1-2-9-17-21(19,20)15-7-5-14(6-8-15)18-10-3-4-13(11-16)12-18/h5-8,13,17H,2-4,9-12,16H2,1H3. The highest BCUT2D eigenvalue weighted by Crippen LogP contribution is 2.24. The summed E-state index contributed by atoms with van der Waals surface area (Å²) in [5.74, 6) is 0.536. The molecule has 0 amide bonds. The Morgan fingerprint density at radius 3 is 2.67 bits per heavy atom. The lowest BCUT2D eigenvalue weighted by atomic mass is 9.98. The van der Waals surface area contributed by atoms with Crippen LogP contribution in [-0.2, 0) is 10.0 Å². The van der Waals surface area contributed by atoms with Gasteiger partial charge in [0.05, 0.1) is 4.90 Å². The second-order valence-corrected chi connectivity index (χ2v) is 7.35. The molecule has 1 saturated heterocycles. The lowest BCUT2D eigenvalue weighted by molar-refractivity contribution is 0.423. The predicted octanol–water partition coefficient (Wildman–Crippen LogP) is 1.55. The minimum absolute atomic E-state index is 0.326. The van der Waals surface area contributed by atoms with Gasteiger partial charge in [0.1, 0.15) is 0 Å². The molecule has 0 aliphatic carbocycles. The number of rotatable bonds is 6. The van der Waals surface area contributed by atoms with E-state index in [1.165, 1.54) is 6.42 Å². The van der Waals surface area contributed by atoms with Crippen LogP contribution in [0.2, 0.25) is 0 Å². The molecule has 2 rings (SSSR count). The Morgan fingerprint density at radius 2 is 2.05 bits per heavy atom. The Bertz CT molecular complexity index is 543. The van der Waals surface area contributed by atoms with E-state index < -0.39 is 10.0 Å². The van der Waals surface area contributed by atoms with Crippen molar-refractivity contribution in [2.45, 2.75) is 31.1 Å². The molecule has 1 aliphatic heterocycles. The Kier molecular flexibility index (Phi) is 5.61. The summed E-state index contributed by atoms with van der Waals surface area (Å²) in [4.78, 5) is 2.61. The fourth-order valence-electron chi connectivity index (χ4n) is 2.65. The first-order valence-corrected chi connectivity index (χ1v) is 9.10. The highest BCUT2D eigenvalue weighted by molar-refractivity contribution is 7.89. The zero-order chi connectivity index (χ0) is 15.3. The van der Waals surface area contributed by atoms with Gasteiger partial charge >= 0.3 is 0 Å². The van der Waals surface area contributed by atoms with E-state index in [4.69, 9.17) is 5.73 Å². The number of nitrogens with one attached hydrogen (secondary N) is 1. The van der Waals surface area contributed by atoms with Crippen LogP contribution in [0.25, 0.3) is 0 Å². The van der Waals surface area contributed by atoms with Gasteiger partial charge in [0.15, 0.2) is 0 Å². The van der Waals surface area contributed by atoms with E-state index >= 15 is 0 Å². The SMILES string of the molecule is CCCNS(=O)(=O)c1ccc(N2CCCC(CN)C2)cc1. The molecule has 1 aromatic rings. The number of hydrogen-bond donors (Lipinski definition) is 2. The molecule has 1 unspecified atom stereocenters. The summed E-state index contributed by atoms with van der Waals surface area (Å²) >= 11 is 0. The van der Waals surface area contributed by atoms with Crippen LogP contribution in [0.1, 0.15) is 26.2 Å². The van der Waals surface area contributed by atoms with Gasteiger partial charge in [0.25, 0.3) is 0 Å². The molecule has 1 fully saturated rings. The highest BCUT2D eigenvalue weighted by Gasteiger charge is 2.19. The normalized spacial score (nSPS) is 19.7. The topological polar surface area (TPSA) is 75.4 Å². The number of hydrogen-bond acceptors (Lipinski definition) is 4. The average Bonchev–Trinajstić information content (AvgIpc) is 2.53. The fraction of sp³-hybridized carbons (Fsp3) is 0.600. The van der Waals surface area contributed by atoms with Crippen LogP contribution in [0.4, 0.5) is 5.69 Å². The van der Waals surface area contributed by atoms with Crippen molar-refractivity contribution in [2.75, 3.05) is 31.1 Å². The van der Waals surface area contributed by atoms with E-state index in [-0.39, 0.29) is 0 Å². The molecule has 21 heavy (non-hydrogen) atoms. The Labute approximate surface area is 127 Å². The second-order valence-electron chi connectivity index (χ2n) is 5.58. The molecule has 0 spiro atoms. The van der Waals surface area contributed by atoms with Crippen molar-refractivity contribution in [2.24, 2.45) is 11.7 Å². The van der Waals surface area contributed by atoms with Gasteiger partial charge in [-0.2, -0.15) is 0 Å². The van der Waals surface area contributed by atoms with Crippen LogP contribution in [0.15, 0.2) is 29.2 Å². The summed E-state index contributed by atoms with van der Waals surface area (Å²) in [5, 5.41) is 0. The summed E-state index contributed by atoms with van der Waals surface area (Å²) < 4.78 is 26.7. The molecule has 3 N–H and O–H groups in total. The summed E-state index contributed by atoms with van der Waals surface area (Å²) in [6, 6.07) is 7.14. The first kappa shape index (κ1) is 16.3. The Morgan fingerprint density at radius 1 is 1.33 bits per heavy atom. The van der Waals surface area contributed by atoms with Crippen molar-refractivity contribution in [1.29, 1.82) is 0 Å². The van der Waals surface area contributed by atoms with Gasteiger partial charge in [-0.1, -0.05) is 6.92 Å². The molecule has 5 nitrogen and oxygen atoms in total. The molecule has 0 bridgehead atoms. The van der Waals surface area contributed by atoms with E-state index in [2.05, 4.69) is 9.62 Å². The van der Waals surface area contributed by atoms with Crippen LogP contribution in [0, 0.1) is 5.92 Å². The van der Waals surface area contributed by atoms with Gasteiger partial charge < -0.3 is 10.6 Å². The first-order valence-electron chi connectivity index (χ1n) is 7.61. The minimum Gasteiger partial charge on any atom is -0.371 e. The number of sulfonamides is 1. The Balaban J connectivity index is 2.08. The molecule has 0 aromatic heterocycles. The maximum atomic E-state index is 12.0. The van der Waals surface area contributed by atoms with Crippen molar-refractivity contribution in [3.8, 4) is 0 Å². The number of nitrogens with zero attached hydrogens (tertiary/aromatic N) is 1. The third-order valence-electron chi connectivity index (χ3n) is 3.91. The lowest BCUT2D eigenvalue weighted by Gasteiger charge is -2.34. The second kappa shape index (κ2) is 7.24. The molecule has 1 atom stereocenters. The zero-order valence-corrected chi connectivity index (χ0v) is 13.4. The summed E-state index contributed by atoms with van der Waals surface area (Å²) in [5.41, 5.74) is 6.83. The van der Waals surface area contributed by atoms with Crippen LogP contribution >= 0.6 is 0 Å². The maximum Gasteiger partial charge on any atom is 0.240 e. The zero-order valence-electron chi connectivity index (χ0n) is 12.6. The molecule has 1 aliphatic rings. The third-order valence-corrected chi connectivity index (χ3v) is 5.38. The molecular formula is C15H25N3O2S. The van der Waals surface area contributed by atoms with E-state index in [1.807, 2.05) is 19.1 Å². The van der Waals surface area contributed by atoms with Gasteiger partial charge in [-0.15, -0.1) is 0 Å². The van der Waals surface area contributed by atoms with Gasteiger partial charge in [0, 0.05) is 25.3 Å².